The highest BCUT2D eigenvalue weighted by molar-refractivity contribution is 5.54. The van der Waals surface area contributed by atoms with E-state index in [4.69, 9.17) is 9.26 Å². The highest BCUT2D eigenvalue weighted by Gasteiger charge is 2.25. The topological polar surface area (TPSA) is 63.4 Å². The molecule has 1 aliphatic heterocycles. The maximum Gasteiger partial charge on any atom is 0.257 e. The van der Waals surface area contributed by atoms with Gasteiger partial charge in [0.2, 0.25) is 0 Å². The van der Waals surface area contributed by atoms with E-state index in [0.29, 0.717) is 5.89 Å². The number of ether oxygens (including phenoxy) is 1. The number of rotatable bonds is 5. The average molecular weight is 314 g/mol. The summed E-state index contributed by atoms with van der Waals surface area (Å²) in [6.45, 7) is 3.66. The molecular weight excluding hydrogens is 292 g/mol. The van der Waals surface area contributed by atoms with E-state index in [0.717, 1.165) is 49.3 Å². The second-order valence-corrected chi connectivity index (χ2v) is 6.44. The number of hydrogen-bond donors (Lipinski definition) is 1. The summed E-state index contributed by atoms with van der Waals surface area (Å²) in [7, 11) is 2.09. The first-order valence-electron chi connectivity index (χ1n) is 8.27. The molecule has 6 heteroatoms. The van der Waals surface area contributed by atoms with Gasteiger partial charge in [0.05, 0.1) is 12.6 Å². The van der Waals surface area contributed by atoms with E-state index in [2.05, 4.69) is 27.4 Å². The molecule has 1 unspecified atom stereocenters. The van der Waals surface area contributed by atoms with Gasteiger partial charge in [-0.2, -0.15) is 4.98 Å². The van der Waals surface area contributed by atoms with E-state index in [9.17, 15) is 0 Å². The first kappa shape index (κ1) is 14.7. The predicted molar refractivity (Wildman–Crippen MR) is 86.2 cm³/mol. The van der Waals surface area contributed by atoms with Crippen LogP contribution in [0.15, 0.2) is 28.8 Å². The van der Waals surface area contributed by atoms with Crippen LogP contribution in [-0.4, -0.2) is 48.3 Å². The molecule has 1 atom stereocenters. The third-order valence-electron chi connectivity index (χ3n) is 4.53. The number of benzene rings is 1. The van der Waals surface area contributed by atoms with Crippen molar-refractivity contribution >= 4 is 0 Å². The molecule has 0 bridgehead atoms. The Morgan fingerprint density at radius 2 is 2.13 bits per heavy atom. The number of piperazine rings is 1. The second kappa shape index (κ2) is 6.29. The largest absolute Gasteiger partial charge is 0.493 e. The minimum absolute atomic E-state index is 0.169. The number of aromatic nitrogens is 2. The smallest absolute Gasteiger partial charge is 0.257 e. The normalized spacial score (nSPS) is 22.2. The summed E-state index contributed by atoms with van der Waals surface area (Å²) in [6, 6.07) is 8.05. The van der Waals surface area contributed by atoms with Gasteiger partial charge in [0, 0.05) is 25.2 Å². The molecule has 1 aromatic carbocycles. The van der Waals surface area contributed by atoms with Crippen molar-refractivity contribution < 1.29 is 9.26 Å². The van der Waals surface area contributed by atoms with Gasteiger partial charge in [0.15, 0.2) is 5.82 Å². The molecule has 4 rings (SSSR count). The summed E-state index contributed by atoms with van der Waals surface area (Å²) in [6.07, 6.45) is 2.60. The number of nitrogens with one attached hydrogen (secondary N) is 1. The molecule has 1 aromatic heterocycles. The van der Waals surface area contributed by atoms with Crippen molar-refractivity contribution in [2.45, 2.75) is 18.9 Å². The lowest BCUT2D eigenvalue weighted by Crippen LogP contribution is -2.44. The molecule has 0 spiro atoms. The lowest BCUT2D eigenvalue weighted by molar-refractivity contribution is 0.190. The molecule has 0 radical (unpaired) electrons. The zero-order chi connectivity index (χ0) is 15.6. The van der Waals surface area contributed by atoms with Crippen molar-refractivity contribution in [3.8, 4) is 17.2 Å². The molecule has 2 heterocycles. The Bertz CT molecular complexity index is 651. The number of hydrogen-bond acceptors (Lipinski definition) is 6. The fourth-order valence-corrected chi connectivity index (χ4v) is 2.77. The lowest BCUT2D eigenvalue weighted by atomic mass is 10.2. The van der Waals surface area contributed by atoms with E-state index in [1.54, 1.807) is 0 Å². The van der Waals surface area contributed by atoms with Gasteiger partial charge in [0.1, 0.15) is 5.75 Å². The summed E-state index contributed by atoms with van der Waals surface area (Å²) in [5.74, 6) is 2.96. The zero-order valence-corrected chi connectivity index (χ0v) is 13.4. The van der Waals surface area contributed by atoms with Gasteiger partial charge in [-0.05, 0) is 50.1 Å². The first-order chi connectivity index (χ1) is 11.3. The molecule has 0 amide bonds. The van der Waals surface area contributed by atoms with Gasteiger partial charge in [-0.25, -0.2) is 0 Å². The Morgan fingerprint density at radius 3 is 2.87 bits per heavy atom. The second-order valence-electron chi connectivity index (χ2n) is 6.44. The molecule has 1 saturated heterocycles. The van der Waals surface area contributed by atoms with E-state index in [1.165, 1.54) is 12.8 Å². The van der Waals surface area contributed by atoms with Crippen LogP contribution in [0.25, 0.3) is 11.5 Å². The SMILES string of the molecule is CN1CCNCC1c1noc(-c2ccc(OCC3CC3)cc2)n1. The van der Waals surface area contributed by atoms with Crippen LogP contribution in [0, 0.1) is 5.92 Å². The van der Waals surface area contributed by atoms with E-state index >= 15 is 0 Å². The van der Waals surface area contributed by atoms with Crippen molar-refractivity contribution in [3.63, 3.8) is 0 Å². The molecule has 6 nitrogen and oxygen atoms in total. The monoisotopic (exact) mass is 314 g/mol. The maximum absolute atomic E-state index is 5.75. The Kier molecular flexibility index (Phi) is 4.01. The minimum Gasteiger partial charge on any atom is -0.493 e. The van der Waals surface area contributed by atoms with Crippen molar-refractivity contribution in [1.82, 2.24) is 20.4 Å². The van der Waals surface area contributed by atoms with Crippen LogP contribution in [0.4, 0.5) is 0 Å². The first-order valence-corrected chi connectivity index (χ1v) is 8.27. The minimum atomic E-state index is 0.169. The van der Waals surface area contributed by atoms with Crippen LogP contribution in [0.3, 0.4) is 0 Å². The summed E-state index contributed by atoms with van der Waals surface area (Å²) < 4.78 is 11.2. The molecule has 1 aliphatic carbocycles. The van der Waals surface area contributed by atoms with Crippen molar-refractivity contribution in [1.29, 1.82) is 0 Å². The number of nitrogens with zero attached hydrogens (tertiary/aromatic N) is 3. The third kappa shape index (κ3) is 3.38. The zero-order valence-electron chi connectivity index (χ0n) is 13.4. The van der Waals surface area contributed by atoms with E-state index < -0.39 is 0 Å². The lowest BCUT2D eigenvalue weighted by Gasteiger charge is -2.30. The van der Waals surface area contributed by atoms with E-state index in [1.807, 2.05) is 24.3 Å². The quantitative estimate of drug-likeness (QED) is 0.912. The molecule has 23 heavy (non-hydrogen) atoms. The molecule has 2 aliphatic rings. The van der Waals surface area contributed by atoms with Crippen LogP contribution in [0.2, 0.25) is 0 Å². The van der Waals surface area contributed by atoms with Crippen molar-refractivity contribution in [2.75, 3.05) is 33.3 Å². The van der Waals surface area contributed by atoms with Gasteiger partial charge < -0.3 is 14.6 Å². The Labute approximate surface area is 135 Å². The van der Waals surface area contributed by atoms with Crippen molar-refractivity contribution in [3.05, 3.63) is 30.1 Å². The highest BCUT2D eigenvalue weighted by Crippen LogP contribution is 2.30. The number of likely N-dealkylation sites (N-methyl/N-ethyl adjacent to an activating group) is 1. The molecular formula is C17H22N4O2. The van der Waals surface area contributed by atoms with Gasteiger partial charge >= 0.3 is 0 Å². The summed E-state index contributed by atoms with van der Waals surface area (Å²) in [4.78, 5) is 6.82. The van der Waals surface area contributed by atoms with Gasteiger partial charge in [-0.1, -0.05) is 5.16 Å². The molecule has 1 saturated carbocycles. The van der Waals surface area contributed by atoms with Crippen LogP contribution < -0.4 is 10.1 Å². The summed E-state index contributed by atoms with van der Waals surface area (Å²) in [5, 5.41) is 7.53. The maximum atomic E-state index is 5.75. The summed E-state index contributed by atoms with van der Waals surface area (Å²) in [5.41, 5.74) is 0.925. The van der Waals surface area contributed by atoms with E-state index in [-0.39, 0.29) is 6.04 Å². The molecule has 122 valence electrons. The van der Waals surface area contributed by atoms with Gasteiger partial charge in [-0.15, -0.1) is 0 Å². The van der Waals surface area contributed by atoms with Crippen LogP contribution >= 0.6 is 0 Å². The van der Waals surface area contributed by atoms with Gasteiger partial charge in [-0.3, -0.25) is 4.90 Å². The Hall–Kier alpha value is -1.92. The molecule has 2 aromatic rings. The molecule has 1 N–H and O–H groups in total. The summed E-state index contributed by atoms with van der Waals surface area (Å²) >= 11 is 0. The fourth-order valence-electron chi connectivity index (χ4n) is 2.77. The average Bonchev–Trinajstić information content (AvgIpc) is 3.29. The Morgan fingerprint density at radius 1 is 1.30 bits per heavy atom. The third-order valence-corrected chi connectivity index (χ3v) is 4.53. The van der Waals surface area contributed by atoms with Crippen LogP contribution in [0.1, 0.15) is 24.7 Å². The fraction of sp³-hybridized carbons (Fsp3) is 0.529. The van der Waals surface area contributed by atoms with Gasteiger partial charge in [0.25, 0.3) is 5.89 Å². The van der Waals surface area contributed by atoms with Crippen LogP contribution in [0.5, 0.6) is 5.75 Å². The Balaban J connectivity index is 1.45. The molecule has 2 fully saturated rings. The predicted octanol–water partition coefficient (Wildman–Crippen LogP) is 2.10. The van der Waals surface area contributed by atoms with Crippen LogP contribution in [-0.2, 0) is 0 Å². The van der Waals surface area contributed by atoms with Crippen molar-refractivity contribution in [2.24, 2.45) is 5.92 Å². The highest BCUT2D eigenvalue weighted by atomic mass is 16.5. The standard InChI is InChI=1S/C17H22N4O2/c1-21-9-8-18-10-15(21)16-19-17(23-20-16)13-4-6-14(7-5-13)22-11-12-2-3-12/h4-7,12,15,18H,2-3,8-11H2,1H3.